The van der Waals surface area contributed by atoms with E-state index in [1.807, 2.05) is 20.0 Å². The molecule has 0 amide bonds. The lowest BCUT2D eigenvalue weighted by atomic mass is 9.99. The van der Waals surface area contributed by atoms with Crippen LogP contribution in [0.15, 0.2) is 66.9 Å². The average Bonchev–Trinajstić information content (AvgIpc) is 3.21. The van der Waals surface area contributed by atoms with Crippen molar-refractivity contribution in [3.8, 4) is 11.3 Å². The fourth-order valence-electron chi connectivity index (χ4n) is 4.15. The quantitative estimate of drug-likeness (QED) is 0.253. The number of aryl methyl sites for hydroxylation is 3. The van der Waals surface area contributed by atoms with Crippen LogP contribution in [0.4, 0.5) is 0 Å². The lowest BCUT2D eigenvalue weighted by molar-refractivity contribution is 1.09. The van der Waals surface area contributed by atoms with Gasteiger partial charge in [-0.1, -0.05) is 88.2 Å². The SMILES string of the molecule is CC.CCC.Cc1ccc2c(c1)c1ccccc1c1ncc(-c3c(C)cccc3C)n21. The van der Waals surface area contributed by atoms with E-state index in [-0.39, 0.29) is 0 Å². The van der Waals surface area contributed by atoms with Gasteiger partial charge in [0.2, 0.25) is 0 Å². The molecule has 0 radical (unpaired) electrons. The van der Waals surface area contributed by atoms with Gasteiger partial charge in [0.05, 0.1) is 17.4 Å². The summed E-state index contributed by atoms with van der Waals surface area (Å²) in [5.41, 5.74) is 8.50. The van der Waals surface area contributed by atoms with Gasteiger partial charge in [-0.05, 0) is 49.4 Å². The lowest BCUT2D eigenvalue weighted by Crippen LogP contribution is -1.96. The third-order valence-electron chi connectivity index (χ3n) is 5.35. The molecule has 0 unspecified atom stereocenters. The predicted octanol–water partition coefficient (Wildman–Crippen LogP) is 8.68. The van der Waals surface area contributed by atoms with Gasteiger partial charge >= 0.3 is 0 Å². The molecule has 0 fully saturated rings. The van der Waals surface area contributed by atoms with Crippen molar-refractivity contribution in [3.05, 3.63) is 83.6 Å². The van der Waals surface area contributed by atoms with Crippen molar-refractivity contribution < 1.29 is 0 Å². The number of pyridine rings is 1. The molecule has 0 atom stereocenters. The topological polar surface area (TPSA) is 17.3 Å². The molecule has 0 aliphatic rings. The number of hydrogen-bond donors (Lipinski definition) is 0. The summed E-state index contributed by atoms with van der Waals surface area (Å²) in [5.74, 6) is 0. The molecule has 0 aliphatic heterocycles. The van der Waals surface area contributed by atoms with Crippen LogP contribution in [0.25, 0.3) is 38.6 Å². The highest BCUT2D eigenvalue weighted by molar-refractivity contribution is 6.12. The van der Waals surface area contributed by atoms with Gasteiger partial charge in [-0.2, -0.15) is 0 Å². The molecule has 0 bridgehead atoms. The highest BCUT2D eigenvalue weighted by Gasteiger charge is 2.16. The predicted molar refractivity (Wildman–Crippen MR) is 137 cm³/mol. The van der Waals surface area contributed by atoms with Gasteiger partial charge in [0.25, 0.3) is 0 Å². The first-order chi connectivity index (χ1) is 15.1. The van der Waals surface area contributed by atoms with E-state index in [1.54, 1.807) is 0 Å². The standard InChI is InChI=1S/C24H20N2.C3H8.C2H6/c1-15-11-12-21-20(13-15)18-9-4-5-10-19(18)24-25-14-22(26(21)24)23-16(2)7-6-8-17(23)3;1-3-2;1-2/h4-14H,1-3H3;3H2,1-2H3;1-2H3. The summed E-state index contributed by atoms with van der Waals surface area (Å²) in [6.45, 7) is 14.8. The van der Waals surface area contributed by atoms with E-state index in [2.05, 4.69) is 99.7 Å². The highest BCUT2D eigenvalue weighted by atomic mass is 15.0. The molecule has 31 heavy (non-hydrogen) atoms. The van der Waals surface area contributed by atoms with Crippen molar-refractivity contribution >= 4 is 27.3 Å². The van der Waals surface area contributed by atoms with Crippen molar-refractivity contribution in [1.82, 2.24) is 9.38 Å². The molecule has 2 aromatic heterocycles. The van der Waals surface area contributed by atoms with Crippen LogP contribution in [0.3, 0.4) is 0 Å². The van der Waals surface area contributed by atoms with Crippen LogP contribution in [-0.2, 0) is 0 Å². The molecule has 5 rings (SSSR count). The Morgan fingerprint density at radius 3 is 2.00 bits per heavy atom. The van der Waals surface area contributed by atoms with E-state index < -0.39 is 0 Å². The number of rotatable bonds is 1. The number of benzene rings is 3. The van der Waals surface area contributed by atoms with Crippen LogP contribution in [0.5, 0.6) is 0 Å². The largest absolute Gasteiger partial charge is 0.292 e. The van der Waals surface area contributed by atoms with E-state index in [0.29, 0.717) is 0 Å². The van der Waals surface area contributed by atoms with E-state index in [4.69, 9.17) is 4.98 Å². The van der Waals surface area contributed by atoms with Gasteiger partial charge in [0, 0.05) is 16.3 Å². The normalized spacial score (nSPS) is 10.5. The second-order valence-electron chi connectivity index (χ2n) is 7.84. The van der Waals surface area contributed by atoms with Gasteiger partial charge in [-0.15, -0.1) is 0 Å². The Bertz CT molecular complexity index is 1310. The first-order valence-electron chi connectivity index (χ1n) is 11.4. The Hall–Kier alpha value is -3.13. The third-order valence-corrected chi connectivity index (χ3v) is 5.35. The Morgan fingerprint density at radius 2 is 1.35 bits per heavy atom. The van der Waals surface area contributed by atoms with E-state index in [9.17, 15) is 0 Å². The fraction of sp³-hybridized carbons (Fsp3) is 0.276. The van der Waals surface area contributed by atoms with Crippen LogP contribution < -0.4 is 0 Å². The molecule has 0 saturated carbocycles. The maximum Gasteiger partial charge on any atom is 0.145 e. The zero-order chi connectivity index (χ0) is 22.5. The van der Waals surface area contributed by atoms with E-state index >= 15 is 0 Å². The average molecular weight is 411 g/mol. The molecule has 2 nitrogen and oxygen atoms in total. The molecule has 0 spiro atoms. The van der Waals surface area contributed by atoms with Crippen LogP contribution in [0.2, 0.25) is 0 Å². The lowest BCUT2D eigenvalue weighted by Gasteiger charge is -2.14. The summed E-state index contributed by atoms with van der Waals surface area (Å²) in [6.07, 6.45) is 3.27. The summed E-state index contributed by atoms with van der Waals surface area (Å²) in [7, 11) is 0. The van der Waals surface area contributed by atoms with Crippen molar-refractivity contribution in [2.75, 3.05) is 0 Å². The molecule has 0 N–H and O–H groups in total. The second kappa shape index (κ2) is 9.78. The Morgan fingerprint density at radius 1 is 0.742 bits per heavy atom. The number of nitrogens with zero attached hydrogens (tertiary/aromatic N) is 2. The Kier molecular flexibility index (Phi) is 7.12. The molecule has 160 valence electrons. The zero-order valence-corrected chi connectivity index (χ0v) is 20.0. The minimum absolute atomic E-state index is 1.02. The first kappa shape index (κ1) is 22.6. The number of hydrogen-bond acceptors (Lipinski definition) is 1. The molecule has 2 heterocycles. The minimum Gasteiger partial charge on any atom is -0.292 e. The molecule has 0 saturated heterocycles. The molecular weight excluding hydrogens is 376 g/mol. The van der Waals surface area contributed by atoms with E-state index in [0.717, 1.165) is 11.3 Å². The monoisotopic (exact) mass is 410 g/mol. The van der Waals surface area contributed by atoms with Crippen LogP contribution >= 0.6 is 0 Å². The highest BCUT2D eigenvalue weighted by Crippen LogP contribution is 2.35. The van der Waals surface area contributed by atoms with Gasteiger partial charge in [-0.3, -0.25) is 4.40 Å². The summed E-state index contributed by atoms with van der Waals surface area (Å²) < 4.78 is 2.33. The summed E-state index contributed by atoms with van der Waals surface area (Å²) in [5, 5.41) is 3.74. The molecule has 5 aromatic rings. The maximum absolute atomic E-state index is 4.84. The van der Waals surface area contributed by atoms with Gasteiger partial charge in [0.1, 0.15) is 5.65 Å². The molecule has 0 aliphatic carbocycles. The van der Waals surface area contributed by atoms with Crippen molar-refractivity contribution in [3.63, 3.8) is 0 Å². The minimum atomic E-state index is 1.02. The first-order valence-corrected chi connectivity index (χ1v) is 11.4. The van der Waals surface area contributed by atoms with Crippen molar-refractivity contribution in [2.24, 2.45) is 0 Å². The molecular formula is C29H34N2. The number of aromatic nitrogens is 2. The number of fused-ring (bicyclic) bond motifs is 6. The second-order valence-corrected chi connectivity index (χ2v) is 7.84. The maximum atomic E-state index is 4.84. The smallest absolute Gasteiger partial charge is 0.145 e. The van der Waals surface area contributed by atoms with Crippen LogP contribution in [0.1, 0.15) is 50.8 Å². The number of imidazole rings is 1. The summed E-state index contributed by atoms with van der Waals surface area (Å²) in [4.78, 5) is 4.84. The fourth-order valence-corrected chi connectivity index (χ4v) is 4.15. The van der Waals surface area contributed by atoms with Crippen LogP contribution in [0, 0.1) is 20.8 Å². The van der Waals surface area contributed by atoms with Crippen molar-refractivity contribution in [1.29, 1.82) is 0 Å². The molecule has 2 heteroatoms. The van der Waals surface area contributed by atoms with Crippen LogP contribution in [-0.4, -0.2) is 9.38 Å². The Labute approximate surface area is 186 Å². The van der Waals surface area contributed by atoms with Gasteiger partial charge in [0.15, 0.2) is 0 Å². The summed E-state index contributed by atoms with van der Waals surface area (Å²) in [6, 6.07) is 21.7. The van der Waals surface area contributed by atoms with E-state index in [1.165, 1.54) is 50.4 Å². The van der Waals surface area contributed by atoms with Crippen molar-refractivity contribution in [2.45, 2.75) is 54.9 Å². The Balaban J connectivity index is 0.000000504. The van der Waals surface area contributed by atoms with Gasteiger partial charge < -0.3 is 0 Å². The molecule has 3 aromatic carbocycles. The summed E-state index contributed by atoms with van der Waals surface area (Å²) >= 11 is 0. The van der Waals surface area contributed by atoms with Gasteiger partial charge in [-0.25, -0.2) is 4.98 Å². The zero-order valence-electron chi connectivity index (χ0n) is 20.0. The third kappa shape index (κ3) is 4.07.